The van der Waals surface area contributed by atoms with Crippen molar-refractivity contribution in [3.05, 3.63) is 35.4 Å². The Morgan fingerprint density at radius 1 is 1.62 bits per heavy atom. The Balaban J connectivity index is 2.29. The first kappa shape index (κ1) is 10.7. The van der Waals surface area contributed by atoms with Gasteiger partial charge in [-0.2, -0.15) is 5.26 Å². The van der Waals surface area contributed by atoms with Crippen LogP contribution < -0.4 is 5.32 Å². The summed E-state index contributed by atoms with van der Waals surface area (Å²) in [5, 5.41) is 11.7. The number of hydrogen-bond acceptors (Lipinski definition) is 3. The number of carbonyl (C=O) groups is 1. The second-order valence-corrected chi connectivity index (χ2v) is 3.77. The summed E-state index contributed by atoms with van der Waals surface area (Å²) in [5.74, 6) is 0.0363. The van der Waals surface area contributed by atoms with E-state index in [1.165, 1.54) is 0 Å². The molecular weight excluding hydrogens is 202 g/mol. The Morgan fingerprint density at radius 3 is 3.12 bits per heavy atom. The van der Waals surface area contributed by atoms with Crippen LogP contribution in [0, 0.1) is 11.3 Å². The average Bonchev–Trinajstić information content (AvgIpc) is 2.70. The summed E-state index contributed by atoms with van der Waals surface area (Å²) in [4.78, 5) is 13.4. The number of nitrogens with zero attached hydrogens (tertiary/aromatic N) is 2. The van der Waals surface area contributed by atoms with E-state index in [4.69, 9.17) is 5.26 Å². The van der Waals surface area contributed by atoms with Gasteiger partial charge >= 0.3 is 0 Å². The van der Waals surface area contributed by atoms with Gasteiger partial charge in [0, 0.05) is 0 Å². The molecule has 1 aromatic carbocycles. The van der Waals surface area contributed by atoms with E-state index in [-0.39, 0.29) is 12.1 Å². The topological polar surface area (TPSA) is 56.1 Å². The van der Waals surface area contributed by atoms with Gasteiger partial charge < -0.3 is 5.32 Å². The number of carbonyl (C=O) groups excluding carboxylic acids is 1. The van der Waals surface area contributed by atoms with Gasteiger partial charge in [-0.1, -0.05) is 19.1 Å². The zero-order chi connectivity index (χ0) is 11.5. The second kappa shape index (κ2) is 4.33. The minimum Gasteiger partial charge on any atom is -0.335 e. The van der Waals surface area contributed by atoms with Crippen molar-refractivity contribution in [1.29, 1.82) is 5.26 Å². The predicted octanol–water partition coefficient (Wildman–Crippen LogP) is 1.01. The van der Waals surface area contributed by atoms with Crippen LogP contribution in [0.2, 0.25) is 0 Å². The third-order valence-corrected chi connectivity index (χ3v) is 2.75. The van der Waals surface area contributed by atoms with Gasteiger partial charge in [-0.25, -0.2) is 0 Å². The molecule has 1 saturated heterocycles. The highest BCUT2D eigenvalue weighted by atomic mass is 16.2. The lowest BCUT2D eigenvalue weighted by atomic mass is 10.1. The Kier molecular flexibility index (Phi) is 2.88. The van der Waals surface area contributed by atoms with Crippen LogP contribution in [-0.4, -0.2) is 23.9 Å². The SMILES string of the molecule is CCN1CC(=O)NC1c1cccc(C#N)c1. The first-order valence-electron chi connectivity index (χ1n) is 5.28. The van der Waals surface area contributed by atoms with E-state index in [0.29, 0.717) is 12.1 Å². The van der Waals surface area contributed by atoms with Crippen molar-refractivity contribution in [1.82, 2.24) is 10.2 Å². The van der Waals surface area contributed by atoms with Crippen LogP contribution in [0.1, 0.15) is 24.2 Å². The maximum atomic E-state index is 11.3. The number of likely N-dealkylation sites (N-methyl/N-ethyl adjacent to an activating group) is 1. The summed E-state index contributed by atoms with van der Waals surface area (Å²) in [6.07, 6.45) is -0.0919. The van der Waals surface area contributed by atoms with Gasteiger partial charge in [-0.3, -0.25) is 9.69 Å². The van der Waals surface area contributed by atoms with Crippen molar-refractivity contribution in [2.75, 3.05) is 13.1 Å². The van der Waals surface area contributed by atoms with E-state index in [9.17, 15) is 4.79 Å². The number of nitriles is 1. The molecule has 82 valence electrons. The molecular formula is C12H13N3O. The lowest BCUT2D eigenvalue weighted by Crippen LogP contribution is -2.27. The Hall–Kier alpha value is -1.86. The first-order valence-corrected chi connectivity index (χ1v) is 5.28. The molecule has 1 atom stereocenters. The van der Waals surface area contributed by atoms with Gasteiger partial charge in [-0.15, -0.1) is 0 Å². The minimum absolute atomic E-state index is 0.0363. The largest absolute Gasteiger partial charge is 0.335 e. The Bertz CT molecular complexity index is 450. The van der Waals surface area contributed by atoms with Crippen LogP contribution in [0.25, 0.3) is 0 Å². The molecule has 1 amide bonds. The van der Waals surface area contributed by atoms with Gasteiger partial charge in [0.05, 0.1) is 18.2 Å². The smallest absolute Gasteiger partial charge is 0.235 e. The molecule has 0 radical (unpaired) electrons. The molecule has 0 saturated carbocycles. The normalized spacial score (nSPS) is 20.5. The fourth-order valence-electron chi connectivity index (χ4n) is 1.93. The van der Waals surface area contributed by atoms with E-state index >= 15 is 0 Å². The number of benzene rings is 1. The van der Waals surface area contributed by atoms with Gasteiger partial charge in [0.25, 0.3) is 0 Å². The van der Waals surface area contributed by atoms with E-state index < -0.39 is 0 Å². The second-order valence-electron chi connectivity index (χ2n) is 3.77. The number of hydrogen-bond donors (Lipinski definition) is 1. The van der Waals surface area contributed by atoms with Crippen LogP contribution in [0.15, 0.2) is 24.3 Å². The lowest BCUT2D eigenvalue weighted by Gasteiger charge is -2.21. The third-order valence-electron chi connectivity index (χ3n) is 2.75. The minimum atomic E-state index is -0.0919. The Labute approximate surface area is 94.5 Å². The highest BCUT2D eigenvalue weighted by Crippen LogP contribution is 2.22. The van der Waals surface area contributed by atoms with Crippen LogP contribution in [0.4, 0.5) is 0 Å². The summed E-state index contributed by atoms with van der Waals surface area (Å²) >= 11 is 0. The zero-order valence-corrected chi connectivity index (χ0v) is 9.10. The molecule has 4 heteroatoms. The molecule has 0 bridgehead atoms. The van der Waals surface area contributed by atoms with Gasteiger partial charge in [0.1, 0.15) is 6.17 Å². The summed E-state index contributed by atoms with van der Waals surface area (Å²) < 4.78 is 0. The molecule has 1 aromatic rings. The van der Waals surface area contributed by atoms with Crippen molar-refractivity contribution in [2.45, 2.75) is 13.1 Å². The molecule has 1 unspecified atom stereocenters. The Morgan fingerprint density at radius 2 is 2.44 bits per heavy atom. The molecule has 1 aliphatic heterocycles. The lowest BCUT2D eigenvalue weighted by molar-refractivity contribution is -0.118. The molecule has 1 N–H and O–H groups in total. The van der Waals surface area contributed by atoms with E-state index in [1.54, 1.807) is 6.07 Å². The predicted molar refractivity (Wildman–Crippen MR) is 59.3 cm³/mol. The summed E-state index contributed by atoms with van der Waals surface area (Å²) in [6.45, 7) is 3.25. The molecule has 16 heavy (non-hydrogen) atoms. The average molecular weight is 215 g/mol. The van der Waals surface area contributed by atoms with Crippen LogP contribution >= 0.6 is 0 Å². The molecule has 0 aliphatic carbocycles. The quantitative estimate of drug-likeness (QED) is 0.801. The summed E-state index contributed by atoms with van der Waals surface area (Å²) in [6, 6.07) is 9.45. The van der Waals surface area contributed by atoms with Gasteiger partial charge in [-0.05, 0) is 24.2 Å². The number of rotatable bonds is 2. The molecule has 1 fully saturated rings. The van der Waals surface area contributed by atoms with Crippen molar-refractivity contribution >= 4 is 5.91 Å². The van der Waals surface area contributed by atoms with Crippen molar-refractivity contribution in [2.24, 2.45) is 0 Å². The van der Waals surface area contributed by atoms with Crippen molar-refractivity contribution in [3.8, 4) is 6.07 Å². The van der Waals surface area contributed by atoms with Crippen molar-refractivity contribution in [3.63, 3.8) is 0 Å². The highest BCUT2D eigenvalue weighted by Gasteiger charge is 2.29. The van der Waals surface area contributed by atoms with Crippen LogP contribution in [0.3, 0.4) is 0 Å². The summed E-state index contributed by atoms with van der Waals surface area (Å²) in [5.41, 5.74) is 1.58. The fraction of sp³-hybridized carbons (Fsp3) is 0.333. The molecule has 1 aliphatic rings. The summed E-state index contributed by atoms with van der Waals surface area (Å²) in [7, 11) is 0. The van der Waals surface area contributed by atoms with E-state index in [2.05, 4.69) is 11.4 Å². The fourth-order valence-corrected chi connectivity index (χ4v) is 1.93. The molecule has 0 aromatic heterocycles. The number of amides is 1. The zero-order valence-electron chi connectivity index (χ0n) is 9.10. The van der Waals surface area contributed by atoms with Crippen LogP contribution in [-0.2, 0) is 4.79 Å². The monoisotopic (exact) mass is 215 g/mol. The maximum Gasteiger partial charge on any atom is 0.235 e. The maximum absolute atomic E-state index is 11.3. The molecule has 2 rings (SSSR count). The van der Waals surface area contributed by atoms with Gasteiger partial charge in [0.15, 0.2) is 0 Å². The third kappa shape index (κ3) is 1.90. The molecule has 0 spiro atoms. The molecule has 1 heterocycles. The first-order chi connectivity index (χ1) is 7.74. The van der Waals surface area contributed by atoms with Crippen molar-refractivity contribution < 1.29 is 4.79 Å². The standard InChI is InChI=1S/C12H13N3O/c1-2-15-8-11(16)14-12(15)10-5-3-4-9(6-10)7-13/h3-6,12H,2,8H2,1H3,(H,14,16). The number of nitrogens with one attached hydrogen (secondary N) is 1. The van der Waals surface area contributed by atoms with E-state index in [1.807, 2.05) is 30.0 Å². The van der Waals surface area contributed by atoms with E-state index in [0.717, 1.165) is 12.1 Å². The molecule has 4 nitrogen and oxygen atoms in total. The van der Waals surface area contributed by atoms with Crippen LogP contribution in [0.5, 0.6) is 0 Å². The highest BCUT2D eigenvalue weighted by molar-refractivity contribution is 5.80. The van der Waals surface area contributed by atoms with Gasteiger partial charge in [0.2, 0.25) is 5.91 Å².